The molecule has 0 aliphatic carbocycles. The third kappa shape index (κ3) is 4.15. The Labute approximate surface area is 143 Å². The van der Waals surface area contributed by atoms with E-state index in [2.05, 4.69) is 53.6 Å². The fourth-order valence-corrected chi connectivity index (χ4v) is 3.10. The summed E-state index contributed by atoms with van der Waals surface area (Å²) >= 11 is 0. The fraction of sp³-hybridized carbons (Fsp3) is 0.350. The van der Waals surface area contributed by atoms with Gasteiger partial charge in [0.15, 0.2) is 0 Å². The molecule has 4 nitrogen and oxygen atoms in total. The zero-order valence-electron chi connectivity index (χ0n) is 14.4. The van der Waals surface area contributed by atoms with Crippen molar-refractivity contribution in [2.75, 3.05) is 36.4 Å². The van der Waals surface area contributed by atoms with Crippen molar-refractivity contribution >= 4 is 17.3 Å². The normalized spacial score (nSPS) is 14.5. The molecule has 24 heavy (non-hydrogen) atoms. The standard InChI is InChI=1S/C20H25N3O/c1-15-3-4-17(16(2)13-15)14-20(24)22-18-5-7-19(8-6-18)23-11-9-21-10-12-23/h3-8,13,21H,9-12,14H2,1-2H3,(H,22,24). The van der Waals surface area contributed by atoms with Crippen LogP contribution in [0.15, 0.2) is 42.5 Å². The number of amides is 1. The first-order valence-electron chi connectivity index (χ1n) is 8.53. The van der Waals surface area contributed by atoms with Gasteiger partial charge in [0.05, 0.1) is 6.42 Å². The van der Waals surface area contributed by atoms with E-state index in [0.717, 1.165) is 37.4 Å². The minimum absolute atomic E-state index is 0.0249. The SMILES string of the molecule is Cc1ccc(CC(=O)Nc2ccc(N3CCNCC3)cc2)c(C)c1. The number of hydrogen-bond acceptors (Lipinski definition) is 3. The predicted octanol–water partition coefficient (Wildman–Crippen LogP) is 2.89. The van der Waals surface area contributed by atoms with Gasteiger partial charge in [0.25, 0.3) is 0 Å². The van der Waals surface area contributed by atoms with Crippen LogP contribution in [0, 0.1) is 13.8 Å². The third-order valence-corrected chi connectivity index (χ3v) is 4.48. The molecule has 0 atom stereocenters. The summed E-state index contributed by atoms with van der Waals surface area (Å²) in [6.07, 6.45) is 0.408. The van der Waals surface area contributed by atoms with Crippen LogP contribution in [0.5, 0.6) is 0 Å². The number of hydrogen-bond donors (Lipinski definition) is 2. The van der Waals surface area contributed by atoms with Crippen molar-refractivity contribution in [3.05, 3.63) is 59.2 Å². The number of anilines is 2. The van der Waals surface area contributed by atoms with Crippen molar-refractivity contribution in [2.24, 2.45) is 0 Å². The van der Waals surface area contributed by atoms with Crippen molar-refractivity contribution in [3.8, 4) is 0 Å². The maximum absolute atomic E-state index is 12.3. The molecule has 4 heteroatoms. The lowest BCUT2D eigenvalue weighted by Crippen LogP contribution is -2.43. The molecule has 2 N–H and O–H groups in total. The fourth-order valence-electron chi connectivity index (χ4n) is 3.10. The van der Waals surface area contributed by atoms with Crippen LogP contribution >= 0.6 is 0 Å². The molecule has 2 aromatic rings. The summed E-state index contributed by atoms with van der Waals surface area (Å²) in [5.41, 5.74) is 5.53. The number of rotatable bonds is 4. The zero-order chi connectivity index (χ0) is 16.9. The minimum Gasteiger partial charge on any atom is -0.369 e. The summed E-state index contributed by atoms with van der Waals surface area (Å²) in [7, 11) is 0. The predicted molar refractivity (Wildman–Crippen MR) is 99.8 cm³/mol. The van der Waals surface area contributed by atoms with Crippen LogP contribution in [0.25, 0.3) is 0 Å². The maximum Gasteiger partial charge on any atom is 0.228 e. The van der Waals surface area contributed by atoms with E-state index in [0.29, 0.717) is 6.42 Å². The van der Waals surface area contributed by atoms with Crippen molar-refractivity contribution in [3.63, 3.8) is 0 Å². The van der Waals surface area contributed by atoms with Crippen LogP contribution in [0.4, 0.5) is 11.4 Å². The molecular formula is C20H25N3O. The zero-order valence-corrected chi connectivity index (χ0v) is 14.4. The maximum atomic E-state index is 12.3. The first kappa shape index (κ1) is 16.5. The van der Waals surface area contributed by atoms with Crippen LogP contribution < -0.4 is 15.5 Å². The Bertz CT molecular complexity index is 703. The number of nitrogens with one attached hydrogen (secondary N) is 2. The molecule has 0 spiro atoms. The molecule has 0 aromatic heterocycles. The molecule has 1 fully saturated rings. The van der Waals surface area contributed by atoms with Gasteiger partial charge >= 0.3 is 0 Å². The van der Waals surface area contributed by atoms with Gasteiger partial charge in [0.1, 0.15) is 0 Å². The molecule has 3 rings (SSSR count). The monoisotopic (exact) mass is 323 g/mol. The molecular weight excluding hydrogens is 298 g/mol. The lowest BCUT2D eigenvalue weighted by atomic mass is 10.0. The molecule has 1 aliphatic heterocycles. The summed E-state index contributed by atoms with van der Waals surface area (Å²) in [4.78, 5) is 14.6. The van der Waals surface area contributed by atoms with Gasteiger partial charge in [0, 0.05) is 37.6 Å². The second-order valence-corrected chi connectivity index (χ2v) is 6.44. The van der Waals surface area contributed by atoms with E-state index in [1.54, 1.807) is 0 Å². The average Bonchev–Trinajstić information content (AvgIpc) is 2.59. The van der Waals surface area contributed by atoms with Gasteiger partial charge in [0.2, 0.25) is 5.91 Å². The van der Waals surface area contributed by atoms with Gasteiger partial charge in [-0.05, 0) is 49.2 Å². The van der Waals surface area contributed by atoms with Crippen molar-refractivity contribution in [1.82, 2.24) is 5.32 Å². The van der Waals surface area contributed by atoms with Crippen LogP contribution in [0.3, 0.4) is 0 Å². The molecule has 126 valence electrons. The van der Waals surface area contributed by atoms with Gasteiger partial charge in [-0.2, -0.15) is 0 Å². The highest BCUT2D eigenvalue weighted by atomic mass is 16.1. The average molecular weight is 323 g/mol. The van der Waals surface area contributed by atoms with Gasteiger partial charge in [-0.3, -0.25) is 4.79 Å². The topological polar surface area (TPSA) is 44.4 Å². The summed E-state index contributed by atoms with van der Waals surface area (Å²) in [5, 5.41) is 6.35. The van der Waals surface area contributed by atoms with E-state index in [4.69, 9.17) is 0 Å². The number of aryl methyl sites for hydroxylation is 2. The van der Waals surface area contributed by atoms with Gasteiger partial charge in [-0.25, -0.2) is 0 Å². The first-order valence-corrected chi connectivity index (χ1v) is 8.53. The third-order valence-electron chi connectivity index (χ3n) is 4.48. The Balaban J connectivity index is 1.59. The van der Waals surface area contributed by atoms with E-state index in [1.165, 1.54) is 16.8 Å². The Hall–Kier alpha value is -2.33. The highest BCUT2D eigenvalue weighted by molar-refractivity contribution is 5.92. The van der Waals surface area contributed by atoms with E-state index in [9.17, 15) is 4.79 Å². The molecule has 1 saturated heterocycles. The summed E-state index contributed by atoms with van der Waals surface area (Å²) in [5.74, 6) is 0.0249. The second-order valence-electron chi connectivity index (χ2n) is 6.44. The second kappa shape index (κ2) is 7.49. The van der Waals surface area contributed by atoms with Gasteiger partial charge < -0.3 is 15.5 Å². The molecule has 0 radical (unpaired) electrons. The van der Waals surface area contributed by atoms with E-state index in [1.807, 2.05) is 18.2 Å². The summed E-state index contributed by atoms with van der Waals surface area (Å²) in [6, 6.07) is 14.3. The van der Waals surface area contributed by atoms with Gasteiger partial charge in [-0.15, -0.1) is 0 Å². The number of carbonyl (C=O) groups excluding carboxylic acids is 1. The highest BCUT2D eigenvalue weighted by Gasteiger charge is 2.11. The lowest BCUT2D eigenvalue weighted by Gasteiger charge is -2.29. The molecule has 1 heterocycles. The van der Waals surface area contributed by atoms with Crippen LogP contribution in [0.1, 0.15) is 16.7 Å². The minimum atomic E-state index is 0.0249. The van der Waals surface area contributed by atoms with E-state index < -0.39 is 0 Å². The summed E-state index contributed by atoms with van der Waals surface area (Å²) < 4.78 is 0. The summed E-state index contributed by atoms with van der Waals surface area (Å²) in [6.45, 7) is 8.22. The Morgan fingerprint density at radius 3 is 2.46 bits per heavy atom. The van der Waals surface area contributed by atoms with Crippen molar-refractivity contribution in [1.29, 1.82) is 0 Å². The molecule has 1 aliphatic rings. The number of nitrogens with zero attached hydrogens (tertiary/aromatic N) is 1. The van der Waals surface area contributed by atoms with E-state index in [-0.39, 0.29) is 5.91 Å². The molecule has 0 bridgehead atoms. The first-order chi connectivity index (χ1) is 11.6. The van der Waals surface area contributed by atoms with Crippen LogP contribution in [0.2, 0.25) is 0 Å². The van der Waals surface area contributed by atoms with Crippen molar-refractivity contribution < 1.29 is 4.79 Å². The molecule has 0 unspecified atom stereocenters. The number of piperazine rings is 1. The Morgan fingerprint density at radius 2 is 1.79 bits per heavy atom. The number of carbonyl (C=O) groups is 1. The quantitative estimate of drug-likeness (QED) is 0.909. The largest absolute Gasteiger partial charge is 0.369 e. The number of benzene rings is 2. The Kier molecular flexibility index (Phi) is 5.16. The van der Waals surface area contributed by atoms with Crippen molar-refractivity contribution in [2.45, 2.75) is 20.3 Å². The molecule has 1 amide bonds. The molecule has 0 saturated carbocycles. The van der Waals surface area contributed by atoms with Crippen LogP contribution in [-0.4, -0.2) is 32.1 Å². The smallest absolute Gasteiger partial charge is 0.228 e. The highest BCUT2D eigenvalue weighted by Crippen LogP contribution is 2.19. The Morgan fingerprint density at radius 1 is 1.08 bits per heavy atom. The molecule has 2 aromatic carbocycles. The van der Waals surface area contributed by atoms with E-state index >= 15 is 0 Å². The van der Waals surface area contributed by atoms with Crippen LogP contribution in [-0.2, 0) is 11.2 Å². The van der Waals surface area contributed by atoms with Gasteiger partial charge in [-0.1, -0.05) is 23.8 Å². The lowest BCUT2D eigenvalue weighted by molar-refractivity contribution is -0.115.